The van der Waals surface area contributed by atoms with Gasteiger partial charge in [-0.05, 0) is 65.5 Å². The van der Waals surface area contributed by atoms with E-state index in [1.807, 2.05) is 39.8 Å². The van der Waals surface area contributed by atoms with Crippen LogP contribution in [0.15, 0.2) is 12.1 Å². The van der Waals surface area contributed by atoms with Gasteiger partial charge >= 0.3 is 13.9 Å². The van der Waals surface area contributed by atoms with Gasteiger partial charge in [0.05, 0.1) is 18.2 Å². The first-order chi connectivity index (χ1) is 15.8. The van der Waals surface area contributed by atoms with Gasteiger partial charge in [0.15, 0.2) is 5.60 Å². The fraction of sp³-hybridized carbons (Fsp3) is 0.667. The van der Waals surface area contributed by atoms with Crippen molar-refractivity contribution < 1.29 is 27.7 Å². The van der Waals surface area contributed by atoms with Crippen LogP contribution in [0.25, 0.3) is 0 Å². The first kappa shape index (κ1) is 27.0. The molecule has 2 aliphatic rings. The van der Waals surface area contributed by atoms with Crippen molar-refractivity contribution in [1.82, 2.24) is 4.90 Å². The number of hydrogen-bond donors (Lipinski definition) is 0. The highest BCUT2D eigenvalue weighted by Gasteiger charge is 2.58. The van der Waals surface area contributed by atoms with Crippen LogP contribution in [0.5, 0.6) is 0 Å². The number of fused-ring (bicyclic) bond motifs is 2. The topological polar surface area (TPSA) is 98.1 Å². The molecule has 8 nitrogen and oxygen atoms in total. The lowest BCUT2D eigenvalue weighted by Crippen LogP contribution is -2.46. The normalized spacial score (nSPS) is 21.9. The first-order valence-corrected chi connectivity index (χ1v) is 13.5. The van der Waals surface area contributed by atoms with Crippen LogP contribution in [0.4, 0.5) is 4.79 Å². The molecule has 0 N–H and O–H groups in total. The van der Waals surface area contributed by atoms with Gasteiger partial charge in [-0.3, -0.25) is 13.6 Å². The van der Waals surface area contributed by atoms with Crippen LogP contribution in [0.3, 0.4) is 0 Å². The Hall–Kier alpha value is -1.62. The van der Waals surface area contributed by atoms with Crippen molar-refractivity contribution in [2.45, 2.75) is 77.4 Å². The summed E-state index contributed by atoms with van der Waals surface area (Å²) in [6, 6.07) is 6.15. The summed E-state index contributed by atoms with van der Waals surface area (Å²) in [6.07, 6.45) is 1.04. The second-order valence-corrected chi connectivity index (χ2v) is 11.8. The highest BCUT2D eigenvalue weighted by Crippen LogP contribution is 2.64. The van der Waals surface area contributed by atoms with Gasteiger partial charge in [0.25, 0.3) is 0 Å². The van der Waals surface area contributed by atoms with E-state index in [1.54, 1.807) is 18.7 Å². The Kier molecular flexibility index (Phi) is 7.77. The number of phosphoric ester groups is 1. The lowest BCUT2D eigenvalue weighted by molar-refractivity contribution is 0.00860. The number of amides is 1. The highest BCUT2D eigenvalue weighted by atomic mass is 35.5. The number of halogens is 1. The summed E-state index contributed by atoms with van der Waals surface area (Å²) in [5.74, 6) is 0. The third kappa shape index (κ3) is 5.15. The number of carbonyl (C=O) groups is 1. The van der Waals surface area contributed by atoms with E-state index in [0.29, 0.717) is 36.5 Å². The van der Waals surface area contributed by atoms with Crippen LogP contribution in [-0.2, 0) is 33.9 Å². The summed E-state index contributed by atoms with van der Waals surface area (Å²) in [6.45, 7) is 11.8. The number of carbonyl (C=O) groups excluding carboxylic acids is 1. The summed E-state index contributed by atoms with van der Waals surface area (Å²) in [7, 11) is -4.03. The van der Waals surface area contributed by atoms with Gasteiger partial charge in [0.2, 0.25) is 0 Å². The zero-order valence-corrected chi connectivity index (χ0v) is 22.4. The molecule has 1 aliphatic heterocycles. The van der Waals surface area contributed by atoms with Crippen LogP contribution in [0, 0.1) is 18.3 Å². The minimum absolute atomic E-state index is 0.100. The van der Waals surface area contributed by atoms with Crippen molar-refractivity contribution in [3.05, 3.63) is 33.8 Å². The third-order valence-corrected chi connectivity index (χ3v) is 8.46. The molecule has 1 amide bonds. The minimum atomic E-state index is -4.03. The smallest absolute Gasteiger partial charge is 0.444 e. The SMILES string of the molecule is CCOP(=O)(OCC)OC1(C#N)CC2(CCN(C(=O)OC(C)(C)C)CC2)c2ccc(C)c(Cl)c21. The second kappa shape index (κ2) is 9.79. The molecule has 0 saturated carbocycles. The van der Waals surface area contributed by atoms with Crippen molar-refractivity contribution in [1.29, 1.82) is 5.26 Å². The van der Waals surface area contributed by atoms with Gasteiger partial charge in [0, 0.05) is 30.5 Å². The van der Waals surface area contributed by atoms with Crippen LogP contribution in [0.1, 0.15) is 70.6 Å². The maximum absolute atomic E-state index is 13.4. The number of nitriles is 1. The zero-order chi connectivity index (χ0) is 25.4. The monoisotopic (exact) mass is 512 g/mol. The van der Waals surface area contributed by atoms with Crippen LogP contribution in [-0.4, -0.2) is 42.9 Å². The van der Waals surface area contributed by atoms with Gasteiger partial charge in [-0.2, -0.15) is 5.26 Å². The Labute approximate surface area is 207 Å². The molecule has 1 atom stereocenters. The Morgan fingerprint density at radius 2 is 1.79 bits per heavy atom. The Morgan fingerprint density at radius 1 is 1.21 bits per heavy atom. The molecule has 1 unspecified atom stereocenters. The van der Waals surface area contributed by atoms with E-state index >= 15 is 0 Å². The zero-order valence-electron chi connectivity index (χ0n) is 20.8. The van der Waals surface area contributed by atoms with Crippen molar-refractivity contribution in [3.8, 4) is 6.07 Å². The minimum Gasteiger partial charge on any atom is -0.444 e. The van der Waals surface area contributed by atoms with E-state index in [-0.39, 0.29) is 25.7 Å². The third-order valence-electron chi connectivity index (χ3n) is 6.29. The van der Waals surface area contributed by atoms with E-state index < -0.39 is 24.4 Å². The molecule has 0 bridgehead atoms. The first-order valence-electron chi connectivity index (χ1n) is 11.6. The van der Waals surface area contributed by atoms with Crippen molar-refractivity contribution in [3.63, 3.8) is 0 Å². The maximum atomic E-state index is 13.4. The van der Waals surface area contributed by atoms with Gasteiger partial charge in [-0.15, -0.1) is 0 Å². The number of piperidine rings is 1. The number of aryl methyl sites for hydroxylation is 1. The summed E-state index contributed by atoms with van der Waals surface area (Å²) in [4.78, 5) is 14.3. The fourth-order valence-corrected chi connectivity index (χ4v) is 6.57. The second-order valence-electron chi connectivity index (χ2n) is 9.86. The molecule has 0 aromatic heterocycles. The molecule has 1 fully saturated rings. The lowest BCUT2D eigenvalue weighted by Gasteiger charge is -2.41. The molecule has 0 radical (unpaired) electrons. The lowest BCUT2D eigenvalue weighted by atomic mass is 9.73. The number of nitrogens with zero attached hydrogens (tertiary/aromatic N) is 2. The molecule has 34 heavy (non-hydrogen) atoms. The van der Waals surface area contributed by atoms with Crippen molar-refractivity contribution in [2.24, 2.45) is 0 Å². The predicted octanol–water partition coefficient (Wildman–Crippen LogP) is 6.24. The average Bonchev–Trinajstić information content (AvgIpc) is 3.00. The van der Waals surface area contributed by atoms with Crippen LogP contribution < -0.4 is 0 Å². The number of benzene rings is 1. The van der Waals surface area contributed by atoms with Gasteiger partial charge < -0.3 is 9.64 Å². The maximum Gasteiger partial charge on any atom is 0.476 e. The van der Waals surface area contributed by atoms with Gasteiger partial charge in [-0.25, -0.2) is 9.36 Å². The Bertz CT molecular complexity index is 1020. The average molecular weight is 513 g/mol. The summed E-state index contributed by atoms with van der Waals surface area (Å²) in [5.41, 5.74) is -0.485. The van der Waals surface area contributed by atoms with Crippen molar-refractivity contribution in [2.75, 3.05) is 26.3 Å². The molecule has 10 heteroatoms. The van der Waals surface area contributed by atoms with Crippen LogP contribution >= 0.6 is 19.4 Å². The molecular formula is C24H34ClN2O6P. The molecule has 1 spiro atoms. The summed E-state index contributed by atoms with van der Waals surface area (Å²) in [5, 5.41) is 10.8. The number of hydrogen-bond acceptors (Lipinski definition) is 7. The Balaban J connectivity index is 2.00. The molecule has 1 aromatic carbocycles. The van der Waals surface area contributed by atoms with Crippen LogP contribution in [0.2, 0.25) is 5.02 Å². The van der Waals surface area contributed by atoms with Gasteiger partial charge in [0.1, 0.15) is 11.7 Å². The van der Waals surface area contributed by atoms with E-state index in [2.05, 4.69) is 6.07 Å². The molecule has 3 rings (SSSR count). The summed E-state index contributed by atoms with van der Waals surface area (Å²) >= 11 is 6.75. The number of rotatable bonds is 6. The highest BCUT2D eigenvalue weighted by molar-refractivity contribution is 7.48. The molecule has 1 heterocycles. The fourth-order valence-electron chi connectivity index (χ4n) is 4.86. The molecule has 1 aromatic rings. The predicted molar refractivity (Wildman–Crippen MR) is 129 cm³/mol. The largest absolute Gasteiger partial charge is 0.476 e. The van der Waals surface area contributed by atoms with E-state index in [0.717, 1.165) is 11.1 Å². The van der Waals surface area contributed by atoms with E-state index in [1.165, 1.54) is 0 Å². The van der Waals surface area contributed by atoms with Crippen molar-refractivity contribution >= 4 is 25.5 Å². The van der Waals surface area contributed by atoms with E-state index in [4.69, 9.17) is 29.9 Å². The quantitative estimate of drug-likeness (QED) is 0.416. The summed E-state index contributed by atoms with van der Waals surface area (Å²) < 4.78 is 35.6. The standard InChI is InChI=1S/C24H34ClN2O6P/c1-7-30-34(29,31-8-2)33-24(16-26)15-23(18-10-9-17(3)20(25)19(18)24)11-13-27(14-12-23)21(28)32-22(4,5)6/h9-10H,7-8,11-15H2,1-6H3. The Morgan fingerprint density at radius 3 is 2.29 bits per heavy atom. The molecular weight excluding hydrogens is 479 g/mol. The van der Waals surface area contributed by atoms with Gasteiger partial charge in [-0.1, -0.05) is 23.7 Å². The number of likely N-dealkylation sites (tertiary alicyclic amines) is 1. The number of phosphoric acid groups is 1. The molecule has 1 aliphatic carbocycles. The number of ether oxygens (including phenoxy) is 1. The van der Waals surface area contributed by atoms with E-state index in [9.17, 15) is 14.6 Å². The molecule has 1 saturated heterocycles. The molecule has 188 valence electrons.